The van der Waals surface area contributed by atoms with E-state index in [9.17, 15) is 4.79 Å². The molecule has 0 saturated heterocycles. The summed E-state index contributed by atoms with van der Waals surface area (Å²) in [6, 6.07) is 7.67. The minimum atomic E-state index is -0.00572. The molecule has 1 amide bonds. The van der Waals surface area contributed by atoms with E-state index in [1.807, 2.05) is 38.1 Å². The van der Waals surface area contributed by atoms with Crippen molar-refractivity contribution in [3.8, 4) is 11.1 Å². The number of carbonyl (C=O) groups excluding carboxylic acids is 1. The maximum Gasteiger partial charge on any atom is 0.256 e. The lowest BCUT2D eigenvalue weighted by Gasteiger charge is -2.14. The maximum atomic E-state index is 13.1. The SMILES string of the molecule is Cc1cc(C)n2nc(CCN3Cc4nccc(-c5ccncc5)c4C3=O)nc2n1. The number of hydrogen-bond acceptors (Lipinski definition) is 6. The predicted octanol–water partition coefficient (Wildman–Crippen LogP) is 2.40. The van der Waals surface area contributed by atoms with Crippen molar-refractivity contribution in [3.05, 3.63) is 71.3 Å². The highest BCUT2D eigenvalue weighted by atomic mass is 16.2. The van der Waals surface area contributed by atoms with Gasteiger partial charge >= 0.3 is 0 Å². The molecule has 5 rings (SSSR count). The highest BCUT2D eigenvalue weighted by molar-refractivity contribution is 6.03. The summed E-state index contributed by atoms with van der Waals surface area (Å²) in [5.74, 6) is 1.27. The Kier molecular flexibility index (Phi) is 4.04. The zero-order chi connectivity index (χ0) is 20.0. The average Bonchev–Trinajstić information content (AvgIpc) is 3.28. The lowest BCUT2D eigenvalue weighted by Crippen LogP contribution is -2.26. The van der Waals surface area contributed by atoms with Gasteiger partial charge in [-0.2, -0.15) is 4.98 Å². The molecule has 0 saturated carbocycles. The number of aromatic nitrogens is 6. The summed E-state index contributed by atoms with van der Waals surface area (Å²) in [7, 11) is 0. The van der Waals surface area contributed by atoms with Crippen LogP contribution < -0.4 is 0 Å². The van der Waals surface area contributed by atoms with Crippen molar-refractivity contribution in [1.82, 2.24) is 34.4 Å². The van der Waals surface area contributed by atoms with E-state index < -0.39 is 0 Å². The molecule has 4 aromatic rings. The van der Waals surface area contributed by atoms with Crippen molar-refractivity contribution < 1.29 is 4.79 Å². The van der Waals surface area contributed by atoms with E-state index in [0.717, 1.165) is 28.2 Å². The molecule has 8 nitrogen and oxygen atoms in total. The number of hydrogen-bond donors (Lipinski definition) is 0. The van der Waals surface area contributed by atoms with Crippen LogP contribution in [0.1, 0.15) is 33.3 Å². The van der Waals surface area contributed by atoms with Gasteiger partial charge in [-0.1, -0.05) is 0 Å². The van der Waals surface area contributed by atoms with Crippen LogP contribution in [0.5, 0.6) is 0 Å². The Hall–Kier alpha value is -3.68. The molecule has 29 heavy (non-hydrogen) atoms. The van der Waals surface area contributed by atoms with Crippen LogP contribution in [0, 0.1) is 13.8 Å². The van der Waals surface area contributed by atoms with Crippen LogP contribution in [0.25, 0.3) is 16.9 Å². The summed E-state index contributed by atoms with van der Waals surface area (Å²) in [6.45, 7) is 4.94. The van der Waals surface area contributed by atoms with Crippen molar-refractivity contribution in [2.75, 3.05) is 6.54 Å². The molecule has 0 bridgehead atoms. The minimum Gasteiger partial charge on any atom is -0.332 e. The van der Waals surface area contributed by atoms with Crippen LogP contribution >= 0.6 is 0 Å². The van der Waals surface area contributed by atoms with Crippen molar-refractivity contribution in [1.29, 1.82) is 0 Å². The van der Waals surface area contributed by atoms with Crippen molar-refractivity contribution in [3.63, 3.8) is 0 Å². The number of carbonyl (C=O) groups is 1. The van der Waals surface area contributed by atoms with E-state index in [-0.39, 0.29) is 5.91 Å². The van der Waals surface area contributed by atoms with Crippen molar-refractivity contribution >= 4 is 11.7 Å². The second kappa shape index (κ2) is 6.73. The minimum absolute atomic E-state index is 0.00572. The second-order valence-electron chi connectivity index (χ2n) is 7.17. The largest absolute Gasteiger partial charge is 0.332 e. The van der Waals surface area contributed by atoms with Crippen LogP contribution in [-0.4, -0.2) is 46.9 Å². The van der Waals surface area contributed by atoms with Crippen molar-refractivity contribution in [2.45, 2.75) is 26.8 Å². The van der Waals surface area contributed by atoms with E-state index in [1.54, 1.807) is 28.0 Å². The van der Waals surface area contributed by atoms with Crippen molar-refractivity contribution in [2.24, 2.45) is 0 Å². The molecule has 4 aromatic heterocycles. The monoisotopic (exact) mass is 385 g/mol. The zero-order valence-corrected chi connectivity index (χ0v) is 16.2. The van der Waals surface area contributed by atoms with E-state index in [0.29, 0.717) is 36.7 Å². The molecule has 0 spiro atoms. The van der Waals surface area contributed by atoms with Gasteiger partial charge in [-0.3, -0.25) is 14.8 Å². The highest BCUT2D eigenvalue weighted by Crippen LogP contribution is 2.31. The van der Waals surface area contributed by atoms with Gasteiger partial charge in [-0.05, 0) is 49.2 Å². The lowest BCUT2D eigenvalue weighted by atomic mass is 10.0. The first-order chi connectivity index (χ1) is 14.1. The predicted molar refractivity (Wildman–Crippen MR) is 106 cm³/mol. The third-order valence-electron chi connectivity index (χ3n) is 5.13. The fraction of sp³-hybridized carbons (Fsp3) is 0.238. The normalized spacial score (nSPS) is 13.3. The molecule has 1 aliphatic rings. The number of rotatable bonds is 4. The third-order valence-corrected chi connectivity index (χ3v) is 5.13. The van der Waals surface area contributed by atoms with Gasteiger partial charge in [0, 0.05) is 42.9 Å². The molecule has 0 unspecified atom stereocenters. The molecule has 144 valence electrons. The molecule has 0 aromatic carbocycles. The van der Waals surface area contributed by atoms with Crippen LogP contribution in [0.2, 0.25) is 0 Å². The van der Waals surface area contributed by atoms with Gasteiger partial charge in [-0.15, -0.1) is 5.10 Å². The molecule has 0 atom stereocenters. The fourth-order valence-electron chi connectivity index (χ4n) is 3.78. The van der Waals surface area contributed by atoms with Gasteiger partial charge in [0.15, 0.2) is 5.82 Å². The molecule has 0 aliphatic carbocycles. The van der Waals surface area contributed by atoms with Gasteiger partial charge in [0.2, 0.25) is 0 Å². The molecular formula is C21H19N7O. The molecule has 0 radical (unpaired) electrons. The van der Waals surface area contributed by atoms with Gasteiger partial charge in [-0.25, -0.2) is 9.50 Å². The summed E-state index contributed by atoms with van der Waals surface area (Å²) in [4.78, 5) is 32.3. The summed E-state index contributed by atoms with van der Waals surface area (Å²) >= 11 is 0. The first kappa shape index (κ1) is 17.4. The van der Waals surface area contributed by atoms with Gasteiger partial charge in [0.25, 0.3) is 11.7 Å². The zero-order valence-electron chi connectivity index (χ0n) is 16.2. The van der Waals surface area contributed by atoms with Gasteiger partial charge < -0.3 is 4.90 Å². The molecule has 1 aliphatic heterocycles. The Bertz CT molecular complexity index is 1230. The van der Waals surface area contributed by atoms with E-state index in [4.69, 9.17) is 0 Å². The number of pyridine rings is 2. The standard InChI is InChI=1S/C21H19N7O/c1-13-11-14(2)28-21(24-13)25-18(26-28)6-10-27-12-17-19(20(27)29)16(5-9-23-17)15-3-7-22-8-4-15/h3-5,7-9,11H,6,10,12H2,1-2H3. The fourth-order valence-corrected chi connectivity index (χ4v) is 3.78. The second-order valence-corrected chi connectivity index (χ2v) is 7.17. The Balaban J connectivity index is 1.38. The summed E-state index contributed by atoms with van der Waals surface area (Å²) < 4.78 is 1.74. The molecule has 8 heteroatoms. The quantitative estimate of drug-likeness (QED) is 0.536. The number of nitrogens with zero attached hydrogens (tertiary/aromatic N) is 7. The molecule has 0 fully saturated rings. The summed E-state index contributed by atoms with van der Waals surface area (Å²) in [5.41, 5.74) is 5.24. The molecule has 5 heterocycles. The number of aryl methyl sites for hydroxylation is 2. The van der Waals surface area contributed by atoms with E-state index in [1.165, 1.54) is 0 Å². The Labute approximate surface area is 167 Å². The summed E-state index contributed by atoms with van der Waals surface area (Å²) in [5, 5.41) is 4.54. The van der Waals surface area contributed by atoms with Crippen LogP contribution in [0.3, 0.4) is 0 Å². The maximum absolute atomic E-state index is 13.1. The average molecular weight is 385 g/mol. The Morgan fingerprint density at radius 2 is 1.90 bits per heavy atom. The van der Waals surface area contributed by atoms with Gasteiger partial charge in [0.05, 0.1) is 17.8 Å². The highest BCUT2D eigenvalue weighted by Gasteiger charge is 2.31. The number of fused-ring (bicyclic) bond motifs is 2. The first-order valence-corrected chi connectivity index (χ1v) is 9.47. The van der Waals surface area contributed by atoms with E-state index >= 15 is 0 Å². The summed E-state index contributed by atoms with van der Waals surface area (Å²) in [6.07, 6.45) is 5.77. The third kappa shape index (κ3) is 3.02. The first-order valence-electron chi connectivity index (χ1n) is 9.47. The Morgan fingerprint density at radius 1 is 1.07 bits per heavy atom. The smallest absolute Gasteiger partial charge is 0.256 e. The van der Waals surface area contributed by atoms with Crippen LogP contribution in [0.4, 0.5) is 0 Å². The molecular weight excluding hydrogens is 366 g/mol. The molecule has 0 N–H and O–H groups in total. The van der Waals surface area contributed by atoms with Crippen LogP contribution in [-0.2, 0) is 13.0 Å². The topological polar surface area (TPSA) is 89.2 Å². The number of amides is 1. The van der Waals surface area contributed by atoms with Crippen LogP contribution in [0.15, 0.2) is 42.9 Å². The van der Waals surface area contributed by atoms with E-state index in [2.05, 4.69) is 25.0 Å². The lowest BCUT2D eigenvalue weighted by molar-refractivity contribution is 0.0780. The van der Waals surface area contributed by atoms with Gasteiger partial charge in [0.1, 0.15) is 0 Å². The Morgan fingerprint density at radius 3 is 2.72 bits per heavy atom.